The van der Waals surface area contributed by atoms with Crippen LogP contribution in [0.2, 0.25) is 0 Å². The van der Waals surface area contributed by atoms with E-state index in [0.717, 1.165) is 45.7 Å². The molecule has 5 nitrogen and oxygen atoms in total. The first-order valence-corrected chi connectivity index (χ1v) is 8.01. The van der Waals surface area contributed by atoms with Gasteiger partial charge in [0.25, 0.3) is 0 Å². The molecule has 0 atom stereocenters. The summed E-state index contributed by atoms with van der Waals surface area (Å²) in [5.74, 6) is 0. The van der Waals surface area contributed by atoms with E-state index >= 15 is 0 Å². The number of anilines is 1. The molecule has 1 aromatic carbocycles. The van der Waals surface area contributed by atoms with Crippen molar-refractivity contribution in [1.29, 1.82) is 0 Å². The summed E-state index contributed by atoms with van der Waals surface area (Å²) < 4.78 is 1.74. The molecule has 0 radical (unpaired) electrons. The molecule has 0 bridgehead atoms. The van der Waals surface area contributed by atoms with Crippen LogP contribution in [-0.2, 0) is 6.54 Å². The fourth-order valence-electron chi connectivity index (χ4n) is 3.13. The van der Waals surface area contributed by atoms with Gasteiger partial charge < -0.3 is 9.88 Å². The minimum Gasteiger partial charge on any atom is -0.370 e. The number of aryl methyl sites for hydroxylation is 1. The molecule has 2 heterocycles. The molecule has 1 saturated heterocycles. The first-order chi connectivity index (χ1) is 10.7. The summed E-state index contributed by atoms with van der Waals surface area (Å²) in [7, 11) is 0. The molecular formula is C17H24N4O. The number of rotatable bonds is 4. The Balaban J connectivity index is 1.57. The monoisotopic (exact) mass is 300 g/mol. The third-order valence-corrected chi connectivity index (χ3v) is 4.42. The molecule has 3 rings (SSSR count). The highest BCUT2D eigenvalue weighted by atomic mass is 16.1. The van der Waals surface area contributed by atoms with Crippen LogP contribution in [0.5, 0.6) is 0 Å². The average Bonchev–Trinajstić information content (AvgIpc) is 2.79. The van der Waals surface area contributed by atoms with Gasteiger partial charge in [-0.05, 0) is 31.5 Å². The molecule has 1 fully saturated rings. The second-order valence-electron chi connectivity index (χ2n) is 5.93. The minimum absolute atomic E-state index is 0.0173. The van der Waals surface area contributed by atoms with Crippen molar-refractivity contribution in [2.75, 3.05) is 37.6 Å². The number of nitrogens with zero attached hydrogens (tertiary/aromatic N) is 3. The van der Waals surface area contributed by atoms with Gasteiger partial charge in [-0.3, -0.25) is 9.47 Å². The lowest BCUT2D eigenvalue weighted by Crippen LogP contribution is -2.34. The number of para-hydroxylation sites is 1. The molecule has 22 heavy (non-hydrogen) atoms. The highest BCUT2D eigenvalue weighted by molar-refractivity contribution is 5.53. The van der Waals surface area contributed by atoms with Crippen LogP contribution in [0.25, 0.3) is 0 Å². The SMILES string of the molecule is Cc1ccccc1N1CCCN(CCn2cc[nH]c2=O)CC1. The van der Waals surface area contributed by atoms with Crippen molar-refractivity contribution >= 4 is 5.69 Å². The number of hydrogen-bond donors (Lipinski definition) is 1. The Kier molecular flexibility index (Phi) is 4.63. The number of hydrogen-bond acceptors (Lipinski definition) is 3. The Bertz CT molecular complexity index is 660. The lowest BCUT2D eigenvalue weighted by Gasteiger charge is -2.25. The lowest BCUT2D eigenvalue weighted by atomic mass is 10.2. The zero-order valence-corrected chi connectivity index (χ0v) is 13.2. The van der Waals surface area contributed by atoms with Gasteiger partial charge in [0.15, 0.2) is 0 Å². The van der Waals surface area contributed by atoms with E-state index in [1.807, 2.05) is 6.20 Å². The first-order valence-electron chi connectivity index (χ1n) is 8.01. The minimum atomic E-state index is -0.0173. The van der Waals surface area contributed by atoms with E-state index in [9.17, 15) is 4.79 Å². The molecule has 118 valence electrons. The van der Waals surface area contributed by atoms with Crippen LogP contribution in [0.15, 0.2) is 41.5 Å². The van der Waals surface area contributed by atoms with Crippen LogP contribution >= 0.6 is 0 Å². The van der Waals surface area contributed by atoms with E-state index in [0.29, 0.717) is 0 Å². The van der Waals surface area contributed by atoms with Crippen LogP contribution in [0.4, 0.5) is 5.69 Å². The van der Waals surface area contributed by atoms with Crippen LogP contribution < -0.4 is 10.6 Å². The molecule has 5 heteroatoms. The summed E-state index contributed by atoms with van der Waals surface area (Å²) in [5.41, 5.74) is 2.68. The summed E-state index contributed by atoms with van der Waals surface area (Å²) in [6.07, 6.45) is 4.68. The fraction of sp³-hybridized carbons (Fsp3) is 0.471. The fourth-order valence-corrected chi connectivity index (χ4v) is 3.13. The summed E-state index contributed by atoms with van der Waals surface area (Å²) in [6, 6.07) is 8.60. The summed E-state index contributed by atoms with van der Waals surface area (Å²) in [4.78, 5) is 19.1. The average molecular weight is 300 g/mol. The van der Waals surface area contributed by atoms with Crippen molar-refractivity contribution in [2.45, 2.75) is 19.9 Å². The standard InChI is InChI=1S/C17H24N4O/c1-15-5-2-3-6-16(15)20-9-4-8-19(11-13-20)12-14-21-10-7-18-17(21)22/h2-3,5-7,10H,4,8-9,11-14H2,1H3,(H,18,22). The molecule has 1 aliphatic heterocycles. The first kappa shape index (κ1) is 14.9. The molecule has 0 unspecified atom stereocenters. The van der Waals surface area contributed by atoms with E-state index < -0.39 is 0 Å². The Morgan fingerprint density at radius 2 is 1.95 bits per heavy atom. The molecule has 0 amide bonds. The topological polar surface area (TPSA) is 44.3 Å². The third kappa shape index (κ3) is 3.42. The number of benzene rings is 1. The highest BCUT2D eigenvalue weighted by Crippen LogP contribution is 2.20. The maximum atomic E-state index is 11.5. The third-order valence-electron chi connectivity index (χ3n) is 4.42. The second-order valence-corrected chi connectivity index (χ2v) is 5.93. The predicted molar refractivity (Wildman–Crippen MR) is 89.5 cm³/mol. The van der Waals surface area contributed by atoms with Gasteiger partial charge in [-0.25, -0.2) is 4.79 Å². The van der Waals surface area contributed by atoms with Crippen LogP contribution in [0, 0.1) is 6.92 Å². The molecule has 1 N–H and O–H groups in total. The largest absolute Gasteiger partial charge is 0.370 e. The van der Waals surface area contributed by atoms with Gasteiger partial charge in [-0.2, -0.15) is 0 Å². The number of imidazole rings is 1. The highest BCUT2D eigenvalue weighted by Gasteiger charge is 2.16. The maximum Gasteiger partial charge on any atom is 0.325 e. The van der Waals surface area contributed by atoms with Crippen molar-refractivity contribution < 1.29 is 0 Å². The number of aromatic amines is 1. The number of H-pyrrole nitrogens is 1. The van der Waals surface area contributed by atoms with Gasteiger partial charge in [-0.1, -0.05) is 18.2 Å². The second kappa shape index (κ2) is 6.83. The summed E-state index contributed by atoms with van der Waals surface area (Å²) in [6.45, 7) is 8.16. The van der Waals surface area contributed by atoms with Crippen molar-refractivity contribution in [3.8, 4) is 0 Å². The van der Waals surface area contributed by atoms with E-state index in [4.69, 9.17) is 0 Å². The van der Waals surface area contributed by atoms with Crippen molar-refractivity contribution in [2.24, 2.45) is 0 Å². The van der Waals surface area contributed by atoms with Crippen molar-refractivity contribution in [3.63, 3.8) is 0 Å². The van der Waals surface area contributed by atoms with Crippen molar-refractivity contribution in [3.05, 3.63) is 52.7 Å². The molecule has 1 aliphatic rings. The molecule has 0 spiro atoms. The molecular weight excluding hydrogens is 276 g/mol. The molecule has 0 saturated carbocycles. The van der Waals surface area contributed by atoms with E-state index in [1.165, 1.54) is 11.3 Å². The zero-order valence-electron chi connectivity index (χ0n) is 13.2. The Hall–Kier alpha value is -2.01. The van der Waals surface area contributed by atoms with Crippen LogP contribution in [0.1, 0.15) is 12.0 Å². The van der Waals surface area contributed by atoms with E-state index in [1.54, 1.807) is 10.8 Å². The Morgan fingerprint density at radius 3 is 2.73 bits per heavy atom. The molecule has 2 aromatic rings. The Morgan fingerprint density at radius 1 is 1.09 bits per heavy atom. The molecule has 1 aromatic heterocycles. The van der Waals surface area contributed by atoms with E-state index in [-0.39, 0.29) is 5.69 Å². The lowest BCUT2D eigenvalue weighted by molar-refractivity contribution is 0.280. The van der Waals surface area contributed by atoms with Crippen molar-refractivity contribution in [1.82, 2.24) is 14.5 Å². The number of aromatic nitrogens is 2. The van der Waals surface area contributed by atoms with Crippen LogP contribution in [0.3, 0.4) is 0 Å². The van der Waals surface area contributed by atoms with Gasteiger partial charge in [0.2, 0.25) is 0 Å². The number of nitrogens with one attached hydrogen (secondary N) is 1. The smallest absolute Gasteiger partial charge is 0.325 e. The summed E-state index contributed by atoms with van der Waals surface area (Å²) >= 11 is 0. The van der Waals surface area contributed by atoms with Gasteiger partial charge in [0.05, 0.1) is 0 Å². The van der Waals surface area contributed by atoms with Gasteiger partial charge in [-0.15, -0.1) is 0 Å². The molecule has 0 aliphatic carbocycles. The normalized spacial score (nSPS) is 16.7. The van der Waals surface area contributed by atoms with Gasteiger partial charge >= 0.3 is 5.69 Å². The maximum absolute atomic E-state index is 11.5. The van der Waals surface area contributed by atoms with E-state index in [2.05, 4.69) is 46.0 Å². The summed E-state index contributed by atoms with van der Waals surface area (Å²) in [5, 5.41) is 0. The predicted octanol–water partition coefficient (Wildman–Crippen LogP) is 1.70. The Labute approximate surface area is 131 Å². The van der Waals surface area contributed by atoms with Crippen LogP contribution in [-0.4, -0.2) is 47.2 Å². The van der Waals surface area contributed by atoms with Gasteiger partial charge in [0.1, 0.15) is 0 Å². The van der Waals surface area contributed by atoms with Gasteiger partial charge in [0, 0.05) is 50.8 Å². The quantitative estimate of drug-likeness (QED) is 0.934. The zero-order chi connectivity index (χ0) is 15.4.